The molecule has 1 N–H and O–H groups in total. The van der Waals surface area contributed by atoms with Gasteiger partial charge in [-0.05, 0) is 62.8 Å². The molecule has 202 valence electrons. The summed E-state index contributed by atoms with van der Waals surface area (Å²) in [5.41, 5.74) is 4.13. The zero-order valence-electron chi connectivity index (χ0n) is 22.8. The van der Waals surface area contributed by atoms with Gasteiger partial charge in [0.25, 0.3) is 0 Å². The predicted octanol–water partition coefficient (Wildman–Crippen LogP) is 4.63. The summed E-state index contributed by atoms with van der Waals surface area (Å²) in [7, 11) is -3.75. The Morgan fingerprint density at radius 3 is 2.19 bits per heavy atom. The number of carbonyl (C=O) groups excluding carboxylic acids is 2. The quantitative estimate of drug-likeness (QED) is 0.488. The maximum atomic E-state index is 13.9. The van der Waals surface area contributed by atoms with E-state index in [1.807, 2.05) is 64.1 Å². The molecular weight excluding hydrogens is 486 g/mol. The molecule has 8 heteroatoms. The van der Waals surface area contributed by atoms with Gasteiger partial charge in [0, 0.05) is 12.6 Å². The summed E-state index contributed by atoms with van der Waals surface area (Å²) in [5, 5.41) is 3.17. The average Bonchev–Trinajstić information content (AvgIpc) is 2.85. The molecule has 37 heavy (non-hydrogen) atoms. The van der Waals surface area contributed by atoms with E-state index in [4.69, 9.17) is 0 Å². The number of aryl methyl sites for hydroxylation is 3. The lowest BCUT2D eigenvalue weighted by molar-refractivity contribution is -0.140. The van der Waals surface area contributed by atoms with Crippen molar-refractivity contribution < 1.29 is 18.0 Å². The molecule has 0 spiro atoms. The van der Waals surface area contributed by atoms with Crippen LogP contribution >= 0.6 is 0 Å². The zero-order valence-corrected chi connectivity index (χ0v) is 23.6. The maximum absolute atomic E-state index is 13.9. The topological polar surface area (TPSA) is 86.8 Å². The number of carbonyl (C=O) groups is 2. The number of nitrogens with zero attached hydrogens (tertiary/aromatic N) is 2. The van der Waals surface area contributed by atoms with Crippen LogP contribution in [0.25, 0.3) is 0 Å². The van der Waals surface area contributed by atoms with E-state index in [-0.39, 0.29) is 25.0 Å². The van der Waals surface area contributed by atoms with Crippen LogP contribution in [0, 0.1) is 20.8 Å². The van der Waals surface area contributed by atoms with Crippen molar-refractivity contribution in [1.82, 2.24) is 10.2 Å². The van der Waals surface area contributed by atoms with Gasteiger partial charge in [0.1, 0.15) is 12.6 Å². The second kappa shape index (κ2) is 12.6. The number of nitrogens with one attached hydrogen (secondary N) is 1. The first-order chi connectivity index (χ1) is 17.5. The highest BCUT2D eigenvalue weighted by atomic mass is 32.2. The Balaban J connectivity index is 1.93. The first-order valence-corrected chi connectivity index (χ1v) is 15.0. The molecule has 0 aliphatic heterocycles. The van der Waals surface area contributed by atoms with Gasteiger partial charge >= 0.3 is 0 Å². The van der Waals surface area contributed by atoms with Crippen LogP contribution in [0.15, 0.2) is 42.5 Å². The summed E-state index contributed by atoms with van der Waals surface area (Å²) in [6.07, 6.45) is 6.80. The van der Waals surface area contributed by atoms with Gasteiger partial charge in [0.2, 0.25) is 21.8 Å². The predicted molar refractivity (Wildman–Crippen MR) is 149 cm³/mol. The minimum atomic E-state index is -3.75. The third-order valence-electron chi connectivity index (χ3n) is 7.12. The van der Waals surface area contributed by atoms with Gasteiger partial charge in [-0.2, -0.15) is 0 Å². The molecule has 0 unspecified atom stereocenters. The summed E-state index contributed by atoms with van der Waals surface area (Å²) in [6, 6.07) is 12.8. The molecule has 1 atom stereocenters. The summed E-state index contributed by atoms with van der Waals surface area (Å²) in [4.78, 5) is 28.9. The van der Waals surface area contributed by atoms with Crippen molar-refractivity contribution in [3.05, 3.63) is 64.7 Å². The highest BCUT2D eigenvalue weighted by Crippen LogP contribution is 2.25. The van der Waals surface area contributed by atoms with Gasteiger partial charge in [0.15, 0.2) is 0 Å². The van der Waals surface area contributed by atoms with Crippen LogP contribution < -0.4 is 9.62 Å². The van der Waals surface area contributed by atoms with E-state index in [0.29, 0.717) is 12.1 Å². The number of amides is 2. The number of hydrogen-bond donors (Lipinski definition) is 1. The molecule has 0 saturated heterocycles. The van der Waals surface area contributed by atoms with Gasteiger partial charge in [-0.15, -0.1) is 0 Å². The van der Waals surface area contributed by atoms with Crippen LogP contribution in [-0.4, -0.2) is 50.0 Å². The summed E-state index contributed by atoms with van der Waals surface area (Å²) >= 11 is 0. The van der Waals surface area contributed by atoms with Gasteiger partial charge < -0.3 is 10.2 Å². The highest BCUT2D eigenvalue weighted by molar-refractivity contribution is 7.92. The largest absolute Gasteiger partial charge is 0.352 e. The fourth-order valence-corrected chi connectivity index (χ4v) is 5.84. The number of rotatable bonds is 10. The molecule has 2 aromatic carbocycles. The van der Waals surface area contributed by atoms with E-state index in [2.05, 4.69) is 5.32 Å². The lowest BCUT2D eigenvalue weighted by atomic mass is 9.95. The average molecular weight is 528 g/mol. The maximum Gasteiger partial charge on any atom is 0.244 e. The highest BCUT2D eigenvalue weighted by Gasteiger charge is 2.33. The molecule has 1 aliphatic rings. The third-order valence-corrected chi connectivity index (χ3v) is 8.25. The van der Waals surface area contributed by atoms with Crippen molar-refractivity contribution in [3.8, 4) is 0 Å². The van der Waals surface area contributed by atoms with Crippen molar-refractivity contribution in [3.63, 3.8) is 0 Å². The molecule has 0 radical (unpaired) electrons. The van der Waals surface area contributed by atoms with Crippen LogP contribution in [0.1, 0.15) is 67.7 Å². The monoisotopic (exact) mass is 527 g/mol. The lowest BCUT2D eigenvalue weighted by Crippen LogP contribution is -2.54. The Morgan fingerprint density at radius 1 is 0.973 bits per heavy atom. The van der Waals surface area contributed by atoms with E-state index < -0.39 is 22.0 Å². The Bertz CT molecular complexity index is 1190. The van der Waals surface area contributed by atoms with Crippen molar-refractivity contribution in [2.45, 2.75) is 84.8 Å². The Labute approximate surface area is 222 Å². The van der Waals surface area contributed by atoms with Crippen molar-refractivity contribution >= 4 is 27.5 Å². The first-order valence-electron chi connectivity index (χ1n) is 13.2. The molecule has 3 rings (SSSR count). The van der Waals surface area contributed by atoms with Crippen molar-refractivity contribution in [1.29, 1.82) is 0 Å². The summed E-state index contributed by atoms with van der Waals surface area (Å²) in [6.45, 7) is 7.45. The van der Waals surface area contributed by atoms with E-state index in [0.717, 1.165) is 58.5 Å². The molecule has 2 aromatic rings. The molecule has 0 aromatic heterocycles. The molecule has 1 saturated carbocycles. The Morgan fingerprint density at radius 2 is 1.59 bits per heavy atom. The number of benzene rings is 2. The molecule has 0 bridgehead atoms. The summed E-state index contributed by atoms with van der Waals surface area (Å²) < 4.78 is 26.9. The van der Waals surface area contributed by atoms with Crippen LogP contribution in [-0.2, 0) is 26.2 Å². The van der Waals surface area contributed by atoms with E-state index in [9.17, 15) is 18.0 Å². The molecule has 1 fully saturated rings. The Kier molecular flexibility index (Phi) is 9.76. The second-order valence-corrected chi connectivity index (χ2v) is 12.2. The van der Waals surface area contributed by atoms with E-state index in [1.54, 1.807) is 11.0 Å². The van der Waals surface area contributed by atoms with Crippen LogP contribution in [0.2, 0.25) is 0 Å². The molecular formula is C29H41N3O4S. The fraction of sp³-hybridized carbons (Fsp3) is 0.517. The number of hydrogen-bond acceptors (Lipinski definition) is 4. The first kappa shape index (κ1) is 28.7. The molecule has 7 nitrogen and oxygen atoms in total. The van der Waals surface area contributed by atoms with Crippen LogP contribution in [0.5, 0.6) is 0 Å². The van der Waals surface area contributed by atoms with Crippen molar-refractivity contribution in [2.24, 2.45) is 0 Å². The normalized spacial score (nSPS) is 15.2. The smallest absolute Gasteiger partial charge is 0.244 e. The van der Waals surface area contributed by atoms with Crippen LogP contribution in [0.3, 0.4) is 0 Å². The molecule has 1 aliphatic carbocycles. The Hall–Kier alpha value is -2.87. The van der Waals surface area contributed by atoms with Gasteiger partial charge in [-0.1, -0.05) is 68.1 Å². The summed E-state index contributed by atoms with van der Waals surface area (Å²) in [5.74, 6) is -0.579. The number of sulfonamides is 1. The second-order valence-electron chi connectivity index (χ2n) is 10.3. The zero-order chi connectivity index (χ0) is 27.2. The standard InChI is InChI=1S/C29H41N3O4S/c1-6-26(29(34)30-25-10-8-7-9-11-25)31(19-24-16-13-21(2)14-17-24)28(33)20-32(37(5,35)36)27-18-22(3)12-15-23(27)4/h12-18,25-26H,6-11,19-20H2,1-5H3,(H,30,34)/t26-/m0/s1. The third kappa shape index (κ3) is 7.81. The van der Waals surface area contributed by atoms with E-state index in [1.165, 1.54) is 6.42 Å². The molecule has 0 heterocycles. The van der Waals surface area contributed by atoms with E-state index >= 15 is 0 Å². The number of anilines is 1. The fourth-order valence-electron chi connectivity index (χ4n) is 4.94. The minimum Gasteiger partial charge on any atom is -0.352 e. The molecule has 2 amide bonds. The van der Waals surface area contributed by atoms with Gasteiger partial charge in [0.05, 0.1) is 11.9 Å². The van der Waals surface area contributed by atoms with Gasteiger partial charge in [-0.3, -0.25) is 13.9 Å². The van der Waals surface area contributed by atoms with Crippen LogP contribution in [0.4, 0.5) is 5.69 Å². The lowest BCUT2D eigenvalue weighted by Gasteiger charge is -2.34. The van der Waals surface area contributed by atoms with Gasteiger partial charge in [-0.25, -0.2) is 8.42 Å². The van der Waals surface area contributed by atoms with Crippen molar-refractivity contribution in [2.75, 3.05) is 17.1 Å². The SMILES string of the molecule is CC[C@@H](C(=O)NC1CCCCC1)N(Cc1ccc(C)cc1)C(=O)CN(c1cc(C)ccc1C)S(C)(=O)=O. The minimum absolute atomic E-state index is 0.120.